The van der Waals surface area contributed by atoms with Crippen LogP contribution in [0.4, 0.5) is 4.79 Å². The van der Waals surface area contributed by atoms with Gasteiger partial charge in [-0.15, -0.1) is 5.10 Å². The Morgan fingerprint density at radius 1 is 1.13 bits per heavy atom. The van der Waals surface area contributed by atoms with Crippen molar-refractivity contribution >= 4 is 6.09 Å². The molecule has 1 amide bonds. The molecule has 0 spiro atoms. The molecule has 3 N–H and O–H groups in total. The van der Waals surface area contributed by atoms with Gasteiger partial charge in [0.2, 0.25) is 0 Å². The molecule has 2 aromatic carbocycles. The highest BCUT2D eigenvalue weighted by Gasteiger charge is 2.38. The summed E-state index contributed by atoms with van der Waals surface area (Å²) < 4.78 is 7.42. The molecule has 0 saturated heterocycles. The smallest absolute Gasteiger partial charge is 0.407 e. The average molecular weight is 403 g/mol. The summed E-state index contributed by atoms with van der Waals surface area (Å²) in [7, 11) is 0. The van der Waals surface area contributed by atoms with Gasteiger partial charge in [-0.05, 0) is 41.5 Å². The van der Waals surface area contributed by atoms with Crippen LogP contribution in [0.15, 0.2) is 54.7 Å². The quantitative estimate of drug-likeness (QED) is 0.659. The number of aromatic nitrogens is 3. The van der Waals surface area contributed by atoms with E-state index in [4.69, 9.17) is 10.5 Å². The van der Waals surface area contributed by atoms with Gasteiger partial charge in [0.05, 0.1) is 18.3 Å². The monoisotopic (exact) mass is 403 g/mol. The Hall–Kier alpha value is -3.19. The van der Waals surface area contributed by atoms with Crippen LogP contribution in [-0.2, 0) is 16.8 Å². The first-order chi connectivity index (χ1) is 14.7. The van der Waals surface area contributed by atoms with Crippen LogP contribution in [0.1, 0.15) is 42.0 Å². The van der Waals surface area contributed by atoms with E-state index in [1.165, 1.54) is 22.3 Å². The predicted octanol–water partition coefficient (Wildman–Crippen LogP) is 3.15. The number of nitrogens with two attached hydrogens (primary N) is 1. The fourth-order valence-electron chi connectivity index (χ4n) is 4.54. The Labute approximate surface area is 175 Å². The molecular formula is C23H25N5O2. The van der Waals surface area contributed by atoms with Crippen LogP contribution in [0.2, 0.25) is 0 Å². The summed E-state index contributed by atoms with van der Waals surface area (Å²) in [4.78, 5) is 12.3. The second-order valence-corrected chi connectivity index (χ2v) is 8.12. The number of benzene rings is 2. The first kappa shape index (κ1) is 18.8. The van der Waals surface area contributed by atoms with Gasteiger partial charge in [0.15, 0.2) is 0 Å². The number of hydrogen-bond acceptors (Lipinski definition) is 5. The molecule has 5 rings (SSSR count). The normalized spacial score (nSPS) is 16.4. The molecule has 0 unspecified atom stereocenters. The third kappa shape index (κ3) is 3.15. The molecule has 2 aliphatic carbocycles. The molecule has 7 heteroatoms. The van der Waals surface area contributed by atoms with Crippen LogP contribution in [0.3, 0.4) is 0 Å². The molecule has 0 radical (unpaired) electrons. The number of carbonyl (C=O) groups excluding carboxylic acids is 1. The lowest BCUT2D eigenvalue weighted by molar-refractivity contribution is 0.131. The van der Waals surface area contributed by atoms with Gasteiger partial charge in [0, 0.05) is 12.5 Å². The van der Waals surface area contributed by atoms with E-state index in [-0.39, 0.29) is 18.0 Å². The summed E-state index contributed by atoms with van der Waals surface area (Å²) in [6, 6.07) is 16.6. The van der Waals surface area contributed by atoms with Gasteiger partial charge < -0.3 is 15.8 Å². The minimum Gasteiger partial charge on any atom is -0.449 e. The van der Waals surface area contributed by atoms with E-state index in [1.54, 1.807) is 0 Å². The second kappa shape index (κ2) is 7.57. The molecule has 1 heterocycles. The lowest BCUT2D eigenvalue weighted by atomic mass is 9.77. The van der Waals surface area contributed by atoms with Gasteiger partial charge in [-0.3, -0.25) is 0 Å². The van der Waals surface area contributed by atoms with Crippen LogP contribution >= 0.6 is 0 Å². The van der Waals surface area contributed by atoms with Crippen LogP contribution in [0.5, 0.6) is 0 Å². The summed E-state index contributed by atoms with van der Waals surface area (Å²) in [5, 5.41) is 11.2. The van der Waals surface area contributed by atoms with Crippen LogP contribution in [0.25, 0.3) is 11.1 Å². The highest BCUT2D eigenvalue weighted by Crippen LogP contribution is 2.44. The van der Waals surface area contributed by atoms with Crippen molar-refractivity contribution in [1.29, 1.82) is 0 Å². The number of nitrogens with one attached hydrogen (secondary N) is 1. The van der Waals surface area contributed by atoms with Crippen molar-refractivity contribution < 1.29 is 9.53 Å². The molecule has 0 atom stereocenters. The largest absolute Gasteiger partial charge is 0.449 e. The zero-order chi connectivity index (χ0) is 20.6. The van der Waals surface area contributed by atoms with Crippen molar-refractivity contribution in [2.24, 2.45) is 5.73 Å². The number of carbonyl (C=O) groups is 1. The molecule has 0 aliphatic heterocycles. The number of hydrogen-bond donors (Lipinski definition) is 2. The van der Waals surface area contributed by atoms with Crippen molar-refractivity contribution in [2.75, 3.05) is 13.2 Å². The van der Waals surface area contributed by atoms with Gasteiger partial charge in [0.25, 0.3) is 0 Å². The van der Waals surface area contributed by atoms with Crippen LogP contribution < -0.4 is 11.1 Å². The maximum Gasteiger partial charge on any atom is 0.407 e. The highest BCUT2D eigenvalue weighted by molar-refractivity contribution is 5.79. The van der Waals surface area contributed by atoms with Gasteiger partial charge in [-0.25, -0.2) is 9.48 Å². The van der Waals surface area contributed by atoms with E-state index in [2.05, 4.69) is 39.9 Å². The van der Waals surface area contributed by atoms with Gasteiger partial charge in [-0.1, -0.05) is 53.7 Å². The Kier molecular flexibility index (Phi) is 4.75. The third-order valence-electron chi connectivity index (χ3n) is 6.45. The van der Waals surface area contributed by atoms with Crippen molar-refractivity contribution in [3.8, 4) is 11.1 Å². The van der Waals surface area contributed by atoms with E-state index in [1.807, 2.05) is 35.1 Å². The lowest BCUT2D eigenvalue weighted by Gasteiger charge is -2.40. The van der Waals surface area contributed by atoms with Crippen LogP contribution in [0, 0.1) is 0 Å². The van der Waals surface area contributed by atoms with Crippen LogP contribution in [-0.4, -0.2) is 34.2 Å². The summed E-state index contributed by atoms with van der Waals surface area (Å²) in [5.74, 6) is 0.0482. The summed E-state index contributed by atoms with van der Waals surface area (Å²) in [6.07, 6.45) is 4.61. The van der Waals surface area contributed by atoms with Gasteiger partial charge >= 0.3 is 6.09 Å². The molecule has 1 aromatic heterocycles. The van der Waals surface area contributed by atoms with E-state index in [0.717, 1.165) is 19.3 Å². The summed E-state index contributed by atoms with van der Waals surface area (Å²) in [5.41, 5.74) is 11.3. The molecule has 0 bridgehead atoms. The third-order valence-corrected chi connectivity index (χ3v) is 6.45. The van der Waals surface area contributed by atoms with E-state index < -0.39 is 6.09 Å². The standard InChI is InChI=1S/C23H25N5O2/c24-15-23(10-5-11-23)28-13-16(26-27-28)12-25-22(29)30-14-21-19-8-3-1-6-17(19)18-7-2-4-9-20(18)21/h1-4,6-9,13,21H,5,10-12,14-15,24H2,(H,25,29). The lowest BCUT2D eigenvalue weighted by Crippen LogP contribution is -2.47. The fraction of sp³-hybridized carbons (Fsp3) is 0.348. The SMILES string of the molecule is NCC1(n2cc(CNC(=O)OCC3c4ccccc4-c4ccccc43)nn2)CCC1. The van der Waals surface area contributed by atoms with E-state index in [0.29, 0.717) is 18.8 Å². The molecular weight excluding hydrogens is 378 g/mol. The van der Waals surface area contributed by atoms with Gasteiger partial charge in [-0.2, -0.15) is 0 Å². The Bertz CT molecular complexity index is 1020. The number of ether oxygens (including phenoxy) is 1. The molecule has 7 nitrogen and oxygen atoms in total. The topological polar surface area (TPSA) is 95.1 Å². The Morgan fingerprint density at radius 2 is 1.80 bits per heavy atom. The molecule has 1 saturated carbocycles. The average Bonchev–Trinajstić information content (AvgIpc) is 3.34. The molecule has 1 fully saturated rings. The fourth-order valence-corrected chi connectivity index (χ4v) is 4.54. The first-order valence-electron chi connectivity index (χ1n) is 10.4. The Morgan fingerprint density at radius 3 is 2.40 bits per heavy atom. The number of amides is 1. The second-order valence-electron chi connectivity index (χ2n) is 8.12. The summed E-state index contributed by atoms with van der Waals surface area (Å²) in [6.45, 7) is 1.12. The predicted molar refractivity (Wildman–Crippen MR) is 113 cm³/mol. The molecule has 154 valence electrons. The Balaban J connectivity index is 1.20. The number of nitrogens with zero attached hydrogens (tertiary/aromatic N) is 3. The van der Waals surface area contributed by atoms with Crippen molar-refractivity contribution in [3.05, 3.63) is 71.5 Å². The van der Waals surface area contributed by atoms with Crippen molar-refractivity contribution in [3.63, 3.8) is 0 Å². The number of rotatable bonds is 6. The molecule has 3 aromatic rings. The zero-order valence-electron chi connectivity index (χ0n) is 16.8. The zero-order valence-corrected chi connectivity index (χ0v) is 16.8. The molecule has 30 heavy (non-hydrogen) atoms. The summed E-state index contributed by atoms with van der Waals surface area (Å²) >= 11 is 0. The van der Waals surface area contributed by atoms with Crippen molar-refractivity contribution in [2.45, 2.75) is 37.3 Å². The molecule has 2 aliphatic rings. The number of fused-ring (bicyclic) bond motifs is 3. The maximum atomic E-state index is 12.3. The number of alkyl carbamates (subject to hydrolysis) is 1. The minimum atomic E-state index is -0.455. The minimum absolute atomic E-state index is 0.0482. The van der Waals surface area contributed by atoms with E-state index >= 15 is 0 Å². The van der Waals surface area contributed by atoms with Gasteiger partial charge in [0.1, 0.15) is 12.3 Å². The maximum absolute atomic E-state index is 12.3. The van der Waals surface area contributed by atoms with E-state index in [9.17, 15) is 4.79 Å². The highest BCUT2D eigenvalue weighted by atomic mass is 16.5. The van der Waals surface area contributed by atoms with Crippen molar-refractivity contribution in [1.82, 2.24) is 20.3 Å². The first-order valence-corrected chi connectivity index (χ1v) is 10.4.